The minimum absolute atomic E-state index is 0.214. The highest BCUT2D eigenvalue weighted by Crippen LogP contribution is 2.20. The standard InChI is InChI=1S/C15H11NO4/c1-18-11-6-4-10(5-7-11)14-16-13(15(17)20-14)9-12-3-2-8-19-12/h2-9H,1H3/b13-9-. The Balaban J connectivity index is 1.89. The summed E-state index contributed by atoms with van der Waals surface area (Å²) >= 11 is 0. The van der Waals surface area contributed by atoms with Crippen LogP contribution in [0.3, 0.4) is 0 Å². The fourth-order valence-corrected chi connectivity index (χ4v) is 1.77. The second kappa shape index (κ2) is 5.05. The van der Waals surface area contributed by atoms with Crippen molar-refractivity contribution in [2.24, 2.45) is 4.99 Å². The number of carbonyl (C=O) groups excluding carboxylic acids is 1. The van der Waals surface area contributed by atoms with Gasteiger partial charge in [0.1, 0.15) is 11.5 Å². The first-order valence-electron chi connectivity index (χ1n) is 5.97. The van der Waals surface area contributed by atoms with Crippen molar-refractivity contribution in [1.82, 2.24) is 0 Å². The third-order valence-corrected chi connectivity index (χ3v) is 2.78. The van der Waals surface area contributed by atoms with Gasteiger partial charge in [-0.1, -0.05) is 0 Å². The molecule has 1 aromatic carbocycles. The lowest BCUT2D eigenvalue weighted by molar-refractivity contribution is -0.129. The first-order chi connectivity index (χ1) is 9.76. The van der Waals surface area contributed by atoms with Gasteiger partial charge in [0, 0.05) is 11.6 Å². The fraction of sp³-hybridized carbons (Fsp3) is 0.0667. The van der Waals surface area contributed by atoms with Crippen LogP contribution in [-0.4, -0.2) is 19.0 Å². The molecule has 0 aliphatic carbocycles. The molecule has 0 amide bonds. The van der Waals surface area contributed by atoms with Crippen molar-refractivity contribution >= 4 is 17.9 Å². The highest BCUT2D eigenvalue weighted by molar-refractivity contribution is 6.12. The maximum absolute atomic E-state index is 11.7. The summed E-state index contributed by atoms with van der Waals surface area (Å²) < 4.78 is 15.4. The van der Waals surface area contributed by atoms with E-state index in [0.29, 0.717) is 11.3 Å². The van der Waals surface area contributed by atoms with Crippen LogP contribution in [0.25, 0.3) is 6.08 Å². The molecule has 0 radical (unpaired) electrons. The summed E-state index contributed by atoms with van der Waals surface area (Å²) in [5, 5.41) is 0. The van der Waals surface area contributed by atoms with E-state index in [1.807, 2.05) is 0 Å². The number of methoxy groups -OCH3 is 1. The van der Waals surface area contributed by atoms with Gasteiger partial charge in [-0.3, -0.25) is 0 Å². The number of aliphatic imine (C=N–C) groups is 1. The van der Waals surface area contributed by atoms with E-state index >= 15 is 0 Å². The number of cyclic esters (lactones) is 1. The van der Waals surface area contributed by atoms with E-state index in [2.05, 4.69) is 4.99 Å². The number of ether oxygens (including phenoxy) is 2. The molecule has 100 valence electrons. The maximum atomic E-state index is 11.7. The predicted molar refractivity (Wildman–Crippen MR) is 72.3 cm³/mol. The van der Waals surface area contributed by atoms with Crippen LogP contribution in [0.5, 0.6) is 5.75 Å². The Hall–Kier alpha value is -2.82. The number of rotatable bonds is 3. The number of benzene rings is 1. The average Bonchev–Trinajstić information content (AvgIpc) is 3.10. The Morgan fingerprint density at radius 3 is 2.65 bits per heavy atom. The number of hydrogen-bond donors (Lipinski definition) is 0. The van der Waals surface area contributed by atoms with Crippen LogP contribution >= 0.6 is 0 Å². The van der Waals surface area contributed by atoms with E-state index in [4.69, 9.17) is 13.9 Å². The zero-order valence-electron chi connectivity index (χ0n) is 10.7. The average molecular weight is 269 g/mol. The van der Waals surface area contributed by atoms with E-state index in [1.54, 1.807) is 49.6 Å². The van der Waals surface area contributed by atoms with Crippen LogP contribution in [-0.2, 0) is 9.53 Å². The second-order valence-corrected chi connectivity index (χ2v) is 4.08. The van der Waals surface area contributed by atoms with Crippen LogP contribution in [0.2, 0.25) is 0 Å². The summed E-state index contributed by atoms with van der Waals surface area (Å²) in [5.74, 6) is 1.06. The summed E-state index contributed by atoms with van der Waals surface area (Å²) in [6, 6.07) is 10.6. The van der Waals surface area contributed by atoms with E-state index in [-0.39, 0.29) is 11.6 Å². The van der Waals surface area contributed by atoms with E-state index in [0.717, 1.165) is 5.75 Å². The quantitative estimate of drug-likeness (QED) is 0.634. The third kappa shape index (κ3) is 2.33. The molecular formula is C15H11NO4. The summed E-state index contributed by atoms with van der Waals surface area (Å²) in [5.41, 5.74) is 0.924. The monoisotopic (exact) mass is 269 g/mol. The summed E-state index contributed by atoms with van der Waals surface area (Å²) in [7, 11) is 1.59. The molecule has 2 aromatic rings. The van der Waals surface area contributed by atoms with Crippen molar-refractivity contribution in [3.8, 4) is 5.75 Å². The highest BCUT2D eigenvalue weighted by Gasteiger charge is 2.24. The number of nitrogens with zero attached hydrogens (tertiary/aromatic N) is 1. The molecule has 1 aliphatic heterocycles. The lowest BCUT2D eigenvalue weighted by atomic mass is 10.2. The van der Waals surface area contributed by atoms with Crippen LogP contribution in [0.15, 0.2) is 57.8 Å². The SMILES string of the molecule is COc1ccc(C2=N/C(=C\c3ccco3)C(=O)O2)cc1. The van der Waals surface area contributed by atoms with Gasteiger partial charge in [-0.2, -0.15) is 0 Å². The normalized spacial score (nSPS) is 16.1. The zero-order chi connectivity index (χ0) is 13.9. The van der Waals surface area contributed by atoms with Crippen LogP contribution in [0.1, 0.15) is 11.3 Å². The molecular weight excluding hydrogens is 258 g/mol. The van der Waals surface area contributed by atoms with Gasteiger partial charge in [0.05, 0.1) is 13.4 Å². The minimum Gasteiger partial charge on any atom is -0.497 e. The number of esters is 1. The van der Waals surface area contributed by atoms with Gasteiger partial charge < -0.3 is 13.9 Å². The van der Waals surface area contributed by atoms with Gasteiger partial charge in [0.2, 0.25) is 5.90 Å². The summed E-state index contributed by atoms with van der Waals surface area (Å²) in [6.07, 6.45) is 3.07. The van der Waals surface area contributed by atoms with Crippen molar-refractivity contribution in [2.45, 2.75) is 0 Å². The Labute approximate surface area is 115 Å². The molecule has 0 atom stereocenters. The minimum atomic E-state index is -0.493. The molecule has 0 saturated heterocycles. The third-order valence-electron chi connectivity index (χ3n) is 2.78. The summed E-state index contributed by atoms with van der Waals surface area (Å²) in [4.78, 5) is 15.9. The zero-order valence-corrected chi connectivity index (χ0v) is 10.7. The summed E-state index contributed by atoms with van der Waals surface area (Å²) in [6.45, 7) is 0. The largest absolute Gasteiger partial charge is 0.497 e. The smallest absolute Gasteiger partial charge is 0.363 e. The molecule has 0 fully saturated rings. The van der Waals surface area contributed by atoms with Crippen molar-refractivity contribution in [1.29, 1.82) is 0 Å². The van der Waals surface area contributed by atoms with Gasteiger partial charge >= 0.3 is 5.97 Å². The van der Waals surface area contributed by atoms with Crippen molar-refractivity contribution < 1.29 is 18.7 Å². The van der Waals surface area contributed by atoms with Gasteiger partial charge in [0.25, 0.3) is 0 Å². The van der Waals surface area contributed by atoms with Crippen LogP contribution in [0.4, 0.5) is 0 Å². The van der Waals surface area contributed by atoms with E-state index in [9.17, 15) is 4.79 Å². The second-order valence-electron chi connectivity index (χ2n) is 4.08. The molecule has 1 aromatic heterocycles. The molecule has 5 nitrogen and oxygen atoms in total. The molecule has 0 N–H and O–H groups in total. The predicted octanol–water partition coefficient (Wildman–Crippen LogP) is 2.63. The molecule has 5 heteroatoms. The Morgan fingerprint density at radius 2 is 2.00 bits per heavy atom. The molecule has 1 aliphatic rings. The molecule has 0 saturated carbocycles. The van der Waals surface area contributed by atoms with E-state index < -0.39 is 5.97 Å². The van der Waals surface area contributed by atoms with Crippen molar-refractivity contribution in [3.63, 3.8) is 0 Å². The van der Waals surface area contributed by atoms with Crippen LogP contribution in [0, 0.1) is 0 Å². The van der Waals surface area contributed by atoms with Gasteiger partial charge in [-0.05, 0) is 36.4 Å². The molecule has 0 bridgehead atoms. The number of furan rings is 1. The van der Waals surface area contributed by atoms with Gasteiger partial charge in [-0.15, -0.1) is 0 Å². The Bertz CT molecular complexity index is 681. The molecule has 2 heterocycles. The maximum Gasteiger partial charge on any atom is 0.363 e. The van der Waals surface area contributed by atoms with Crippen molar-refractivity contribution in [3.05, 3.63) is 59.7 Å². The Kier molecular flexibility index (Phi) is 3.09. The molecule has 3 rings (SSSR count). The van der Waals surface area contributed by atoms with Gasteiger partial charge in [-0.25, -0.2) is 9.79 Å². The highest BCUT2D eigenvalue weighted by atomic mass is 16.6. The first kappa shape index (κ1) is 12.2. The Morgan fingerprint density at radius 1 is 1.20 bits per heavy atom. The lowest BCUT2D eigenvalue weighted by Crippen LogP contribution is -2.05. The topological polar surface area (TPSA) is 61.0 Å². The van der Waals surface area contributed by atoms with Gasteiger partial charge in [0.15, 0.2) is 5.70 Å². The number of carbonyl (C=O) groups is 1. The van der Waals surface area contributed by atoms with Crippen molar-refractivity contribution in [2.75, 3.05) is 7.11 Å². The lowest BCUT2D eigenvalue weighted by Gasteiger charge is -2.01. The molecule has 20 heavy (non-hydrogen) atoms. The van der Waals surface area contributed by atoms with E-state index in [1.165, 1.54) is 6.26 Å². The van der Waals surface area contributed by atoms with Crippen LogP contribution < -0.4 is 4.74 Å². The molecule has 0 unspecified atom stereocenters. The fourth-order valence-electron chi connectivity index (χ4n) is 1.77. The molecule has 0 spiro atoms. The number of hydrogen-bond acceptors (Lipinski definition) is 5. The first-order valence-corrected chi connectivity index (χ1v) is 5.97.